The SMILES string of the molecule is Cc1cc(Cl)nc(-c2cc(Cl)c3c(c2)OCCCO3)n1. The van der Waals surface area contributed by atoms with Crippen molar-refractivity contribution in [1.82, 2.24) is 9.97 Å². The van der Waals surface area contributed by atoms with Crippen molar-refractivity contribution in [3.63, 3.8) is 0 Å². The number of benzene rings is 1. The van der Waals surface area contributed by atoms with E-state index in [2.05, 4.69) is 9.97 Å². The minimum atomic E-state index is 0.399. The molecule has 0 aliphatic carbocycles. The van der Waals surface area contributed by atoms with Crippen LogP contribution in [0.5, 0.6) is 11.5 Å². The Morgan fingerprint density at radius 1 is 1.05 bits per heavy atom. The summed E-state index contributed by atoms with van der Waals surface area (Å²) in [5.74, 6) is 1.71. The van der Waals surface area contributed by atoms with Crippen LogP contribution in [0.3, 0.4) is 0 Å². The van der Waals surface area contributed by atoms with E-state index in [1.54, 1.807) is 12.1 Å². The number of hydrogen-bond acceptors (Lipinski definition) is 4. The Balaban J connectivity index is 2.10. The molecular formula is C14H12Cl2N2O2. The number of hydrogen-bond donors (Lipinski definition) is 0. The maximum Gasteiger partial charge on any atom is 0.179 e. The quantitative estimate of drug-likeness (QED) is 0.749. The van der Waals surface area contributed by atoms with E-state index in [0.717, 1.165) is 17.7 Å². The number of fused-ring (bicyclic) bond motifs is 1. The summed E-state index contributed by atoms with van der Waals surface area (Å²) in [6.07, 6.45) is 0.827. The maximum atomic E-state index is 6.26. The number of rotatable bonds is 1. The Morgan fingerprint density at radius 2 is 1.85 bits per heavy atom. The van der Waals surface area contributed by atoms with Gasteiger partial charge in [-0.3, -0.25) is 0 Å². The van der Waals surface area contributed by atoms with Crippen LogP contribution in [-0.2, 0) is 0 Å². The van der Waals surface area contributed by atoms with Crippen molar-refractivity contribution < 1.29 is 9.47 Å². The van der Waals surface area contributed by atoms with Gasteiger partial charge in [0.25, 0.3) is 0 Å². The van der Waals surface area contributed by atoms with E-state index in [1.807, 2.05) is 13.0 Å². The summed E-state index contributed by atoms with van der Waals surface area (Å²) in [6, 6.07) is 5.30. The van der Waals surface area contributed by atoms with Crippen molar-refractivity contribution >= 4 is 23.2 Å². The highest BCUT2D eigenvalue weighted by molar-refractivity contribution is 6.32. The third kappa shape index (κ3) is 2.67. The van der Waals surface area contributed by atoms with Crippen molar-refractivity contribution in [2.75, 3.05) is 13.2 Å². The molecule has 0 N–H and O–H groups in total. The molecule has 3 rings (SSSR count). The summed E-state index contributed by atoms with van der Waals surface area (Å²) >= 11 is 12.2. The van der Waals surface area contributed by atoms with E-state index in [-0.39, 0.29) is 0 Å². The van der Waals surface area contributed by atoms with Crippen LogP contribution >= 0.6 is 23.2 Å². The molecule has 0 bridgehead atoms. The highest BCUT2D eigenvalue weighted by Crippen LogP contribution is 2.40. The highest BCUT2D eigenvalue weighted by atomic mass is 35.5. The summed E-state index contributed by atoms with van der Waals surface area (Å²) in [4.78, 5) is 8.58. The van der Waals surface area contributed by atoms with Crippen LogP contribution in [0.15, 0.2) is 18.2 Å². The van der Waals surface area contributed by atoms with Crippen molar-refractivity contribution in [3.05, 3.63) is 34.1 Å². The molecule has 1 aromatic carbocycles. The first kappa shape index (κ1) is 13.5. The third-order valence-corrected chi connectivity index (χ3v) is 3.36. The zero-order valence-electron chi connectivity index (χ0n) is 10.8. The van der Waals surface area contributed by atoms with Gasteiger partial charge in [-0.15, -0.1) is 0 Å². The Kier molecular flexibility index (Phi) is 3.68. The normalized spacial score (nSPS) is 13.9. The monoisotopic (exact) mass is 310 g/mol. The molecule has 6 heteroatoms. The highest BCUT2D eigenvalue weighted by Gasteiger charge is 2.17. The van der Waals surface area contributed by atoms with Gasteiger partial charge in [-0.2, -0.15) is 0 Å². The second-order valence-corrected chi connectivity index (χ2v) is 5.29. The standard InChI is InChI=1S/C14H12Cl2N2O2/c1-8-5-12(16)18-14(17-8)9-6-10(15)13-11(7-9)19-3-2-4-20-13/h5-7H,2-4H2,1H3. The van der Waals surface area contributed by atoms with Gasteiger partial charge in [0.2, 0.25) is 0 Å². The van der Waals surface area contributed by atoms with Crippen molar-refractivity contribution in [2.24, 2.45) is 0 Å². The zero-order chi connectivity index (χ0) is 14.1. The molecule has 0 saturated heterocycles. The van der Waals surface area contributed by atoms with Crippen LogP contribution in [0.4, 0.5) is 0 Å². The molecule has 20 heavy (non-hydrogen) atoms. The van der Waals surface area contributed by atoms with Gasteiger partial charge < -0.3 is 9.47 Å². The van der Waals surface area contributed by atoms with Gasteiger partial charge in [0.05, 0.1) is 18.2 Å². The lowest BCUT2D eigenvalue weighted by atomic mass is 10.2. The van der Waals surface area contributed by atoms with Gasteiger partial charge >= 0.3 is 0 Å². The Hall–Kier alpha value is -1.52. The van der Waals surface area contributed by atoms with Gasteiger partial charge in [-0.05, 0) is 25.1 Å². The molecule has 0 fully saturated rings. The minimum absolute atomic E-state index is 0.399. The third-order valence-electron chi connectivity index (χ3n) is 2.88. The first-order valence-corrected chi connectivity index (χ1v) is 7.00. The van der Waals surface area contributed by atoms with Gasteiger partial charge in [0, 0.05) is 17.7 Å². The van der Waals surface area contributed by atoms with E-state index in [4.69, 9.17) is 32.7 Å². The number of aromatic nitrogens is 2. The van der Waals surface area contributed by atoms with Crippen molar-refractivity contribution in [3.8, 4) is 22.9 Å². The second kappa shape index (κ2) is 5.46. The largest absolute Gasteiger partial charge is 0.489 e. The predicted octanol–water partition coefficient (Wildman–Crippen LogP) is 3.92. The average molecular weight is 311 g/mol. The summed E-state index contributed by atoms with van der Waals surface area (Å²) in [7, 11) is 0. The fourth-order valence-electron chi connectivity index (χ4n) is 2.02. The number of halogens is 2. The smallest absolute Gasteiger partial charge is 0.179 e. The lowest BCUT2D eigenvalue weighted by molar-refractivity contribution is 0.297. The first-order valence-electron chi connectivity index (χ1n) is 6.24. The Morgan fingerprint density at radius 3 is 2.65 bits per heavy atom. The Labute approximate surface area is 126 Å². The molecule has 4 nitrogen and oxygen atoms in total. The van der Waals surface area contributed by atoms with Crippen LogP contribution in [0, 0.1) is 6.92 Å². The summed E-state index contributed by atoms with van der Waals surface area (Å²) in [5, 5.41) is 0.886. The van der Waals surface area contributed by atoms with Crippen molar-refractivity contribution in [1.29, 1.82) is 0 Å². The molecule has 1 aromatic heterocycles. The molecule has 104 valence electrons. The maximum absolute atomic E-state index is 6.26. The van der Waals surface area contributed by atoms with E-state index >= 15 is 0 Å². The van der Waals surface area contributed by atoms with Gasteiger partial charge in [0.1, 0.15) is 5.15 Å². The van der Waals surface area contributed by atoms with Crippen LogP contribution in [0.1, 0.15) is 12.1 Å². The zero-order valence-corrected chi connectivity index (χ0v) is 12.3. The molecule has 1 aliphatic heterocycles. The number of aryl methyl sites for hydroxylation is 1. The topological polar surface area (TPSA) is 44.2 Å². The lowest BCUT2D eigenvalue weighted by Gasteiger charge is -2.11. The molecule has 1 aliphatic rings. The van der Waals surface area contributed by atoms with Crippen molar-refractivity contribution in [2.45, 2.75) is 13.3 Å². The fourth-order valence-corrected chi connectivity index (χ4v) is 2.52. The van der Waals surface area contributed by atoms with E-state index in [9.17, 15) is 0 Å². The molecule has 0 spiro atoms. The second-order valence-electron chi connectivity index (χ2n) is 4.49. The summed E-state index contributed by atoms with van der Waals surface area (Å²) < 4.78 is 11.2. The van der Waals surface area contributed by atoms with Crippen LogP contribution in [-0.4, -0.2) is 23.2 Å². The van der Waals surface area contributed by atoms with Gasteiger partial charge in [0.15, 0.2) is 17.3 Å². The van der Waals surface area contributed by atoms with E-state index in [0.29, 0.717) is 40.7 Å². The molecule has 0 radical (unpaired) electrons. The average Bonchev–Trinajstić information content (AvgIpc) is 2.63. The summed E-state index contributed by atoms with van der Waals surface area (Å²) in [6.45, 7) is 3.06. The van der Waals surface area contributed by atoms with Gasteiger partial charge in [-0.1, -0.05) is 23.2 Å². The number of nitrogens with zero attached hydrogens (tertiary/aromatic N) is 2. The molecular weight excluding hydrogens is 299 g/mol. The first-order chi connectivity index (χ1) is 9.63. The number of ether oxygens (including phenoxy) is 2. The van der Waals surface area contributed by atoms with E-state index < -0.39 is 0 Å². The Bertz CT molecular complexity index is 642. The van der Waals surface area contributed by atoms with Crippen LogP contribution in [0.25, 0.3) is 11.4 Å². The van der Waals surface area contributed by atoms with Crippen LogP contribution < -0.4 is 9.47 Å². The molecule has 0 atom stereocenters. The molecule has 2 aromatic rings. The van der Waals surface area contributed by atoms with Crippen LogP contribution in [0.2, 0.25) is 10.2 Å². The predicted molar refractivity (Wildman–Crippen MR) is 77.8 cm³/mol. The summed E-state index contributed by atoms with van der Waals surface area (Å²) in [5.41, 5.74) is 1.55. The lowest BCUT2D eigenvalue weighted by Crippen LogP contribution is -1.97. The van der Waals surface area contributed by atoms with E-state index in [1.165, 1.54) is 0 Å². The fraction of sp³-hybridized carbons (Fsp3) is 0.286. The molecule has 0 saturated carbocycles. The molecule has 0 amide bonds. The minimum Gasteiger partial charge on any atom is -0.489 e. The van der Waals surface area contributed by atoms with Gasteiger partial charge in [-0.25, -0.2) is 9.97 Å². The molecule has 2 heterocycles. The molecule has 0 unspecified atom stereocenters.